The molecule has 0 saturated heterocycles. The second-order valence-electron chi connectivity index (χ2n) is 3.37. The van der Waals surface area contributed by atoms with Gasteiger partial charge in [-0.3, -0.25) is 0 Å². The second kappa shape index (κ2) is 4.40. The molecule has 3 N–H and O–H groups in total. The smallest absolute Gasteiger partial charge is 0.119 e. The van der Waals surface area contributed by atoms with Gasteiger partial charge >= 0.3 is 0 Å². The molecule has 0 saturated carbocycles. The molecule has 0 amide bonds. The number of H-pyrrole nitrogens is 1. The van der Waals surface area contributed by atoms with Gasteiger partial charge in [-0.2, -0.15) is 0 Å². The SMILES string of the molecule is COc1ccc2[nH]c(I)c(CCN)c2c1. The average molecular weight is 316 g/mol. The van der Waals surface area contributed by atoms with Crippen molar-refractivity contribution in [3.05, 3.63) is 27.5 Å². The van der Waals surface area contributed by atoms with Crippen molar-refractivity contribution >= 4 is 33.5 Å². The molecule has 0 bridgehead atoms. The number of rotatable bonds is 3. The summed E-state index contributed by atoms with van der Waals surface area (Å²) in [5.74, 6) is 0.885. The Balaban J connectivity index is 2.61. The van der Waals surface area contributed by atoms with Crippen molar-refractivity contribution in [2.45, 2.75) is 6.42 Å². The third-order valence-corrected chi connectivity index (χ3v) is 3.38. The zero-order valence-corrected chi connectivity index (χ0v) is 10.7. The van der Waals surface area contributed by atoms with Crippen molar-refractivity contribution < 1.29 is 4.74 Å². The summed E-state index contributed by atoms with van der Waals surface area (Å²) in [7, 11) is 1.68. The van der Waals surface area contributed by atoms with Gasteiger partial charge in [-0.25, -0.2) is 0 Å². The maximum Gasteiger partial charge on any atom is 0.119 e. The molecule has 4 heteroatoms. The van der Waals surface area contributed by atoms with E-state index in [0.717, 1.165) is 17.7 Å². The highest BCUT2D eigenvalue weighted by molar-refractivity contribution is 14.1. The van der Waals surface area contributed by atoms with Gasteiger partial charge in [0.2, 0.25) is 0 Å². The monoisotopic (exact) mass is 316 g/mol. The number of hydrogen-bond donors (Lipinski definition) is 2. The van der Waals surface area contributed by atoms with Crippen molar-refractivity contribution in [1.82, 2.24) is 4.98 Å². The largest absolute Gasteiger partial charge is 0.497 e. The molecule has 2 aromatic rings. The number of methoxy groups -OCH3 is 1. The van der Waals surface area contributed by atoms with Gasteiger partial charge in [-0.05, 0) is 59.3 Å². The Kier molecular flexibility index (Phi) is 3.16. The minimum Gasteiger partial charge on any atom is -0.497 e. The van der Waals surface area contributed by atoms with Crippen LogP contribution in [0.4, 0.5) is 0 Å². The van der Waals surface area contributed by atoms with Crippen molar-refractivity contribution in [2.24, 2.45) is 5.73 Å². The van der Waals surface area contributed by atoms with Crippen molar-refractivity contribution in [1.29, 1.82) is 0 Å². The van der Waals surface area contributed by atoms with E-state index < -0.39 is 0 Å². The van der Waals surface area contributed by atoms with E-state index in [1.807, 2.05) is 12.1 Å². The average Bonchev–Trinajstić information content (AvgIpc) is 2.55. The molecule has 80 valence electrons. The number of aromatic nitrogens is 1. The molecule has 15 heavy (non-hydrogen) atoms. The third-order valence-electron chi connectivity index (χ3n) is 2.46. The first-order valence-electron chi connectivity index (χ1n) is 4.80. The van der Waals surface area contributed by atoms with Crippen LogP contribution in [0.15, 0.2) is 18.2 Å². The summed E-state index contributed by atoms with van der Waals surface area (Å²) in [6.45, 7) is 0.667. The first-order chi connectivity index (χ1) is 7.26. The number of benzene rings is 1. The molecule has 1 aromatic heterocycles. The fraction of sp³-hybridized carbons (Fsp3) is 0.273. The van der Waals surface area contributed by atoms with Crippen LogP contribution in [-0.4, -0.2) is 18.6 Å². The highest BCUT2D eigenvalue weighted by atomic mass is 127. The van der Waals surface area contributed by atoms with Crippen LogP contribution < -0.4 is 10.5 Å². The Hall–Kier alpha value is -0.750. The standard InChI is InChI=1S/C11H13IN2O/c1-15-7-2-3-10-9(6-7)8(4-5-13)11(12)14-10/h2-3,6,14H,4-5,13H2,1H3. The minimum atomic E-state index is 0.667. The van der Waals surface area contributed by atoms with E-state index in [0.29, 0.717) is 6.54 Å². The highest BCUT2D eigenvalue weighted by Gasteiger charge is 2.09. The van der Waals surface area contributed by atoms with Crippen LogP contribution in [0, 0.1) is 3.70 Å². The van der Waals surface area contributed by atoms with E-state index in [4.69, 9.17) is 10.5 Å². The van der Waals surface area contributed by atoms with Gasteiger partial charge in [0.25, 0.3) is 0 Å². The lowest BCUT2D eigenvalue weighted by Gasteiger charge is -2.01. The maximum atomic E-state index is 5.60. The maximum absolute atomic E-state index is 5.60. The quantitative estimate of drug-likeness (QED) is 0.854. The normalized spacial score (nSPS) is 10.9. The van der Waals surface area contributed by atoms with Gasteiger partial charge < -0.3 is 15.5 Å². The van der Waals surface area contributed by atoms with E-state index in [1.165, 1.54) is 14.7 Å². The van der Waals surface area contributed by atoms with Gasteiger partial charge in [-0.1, -0.05) is 0 Å². The van der Waals surface area contributed by atoms with Crippen LogP contribution in [0.2, 0.25) is 0 Å². The number of ether oxygens (including phenoxy) is 1. The topological polar surface area (TPSA) is 51.0 Å². The molecule has 0 spiro atoms. The van der Waals surface area contributed by atoms with E-state index >= 15 is 0 Å². The summed E-state index contributed by atoms with van der Waals surface area (Å²) in [4.78, 5) is 3.34. The fourth-order valence-corrected chi connectivity index (χ4v) is 2.56. The lowest BCUT2D eigenvalue weighted by atomic mass is 10.1. The van der Waals surface area contributed by atoms with E-state index in [2.05, 4.69) is 33.6 Å². The molecular weight excluding hydrogens is 303 g/mol. The molecule has 0 aliphatic carbocycles. The van der Waals surface area contributed by atoms with Crippen molar-refractivity contribution in [3.8, 4) is 5.75 Å². The van der Waals surface area contributed by atoms with Gasteiger partial charge in [0, 0.05) is 10.9 Å². The summed E-state index contributed by atoms with van der Waals surface area (Å²) in [5, 5.41) is 1.21. The Morgan fingerprint density at radius 1 is 1.47 bits per heavy atom. The van der Waals surface area contributed by atoms with Crippen molar-refractivity contribution in [2.75, 3.05) is 13.7 Å². The molecule has 0 fully saturated rings. The van der Waals surface area contributed by atoms with Crippen LogP contribution in [0.3, 0.4) is 0 Å². The highest BCUT2D eigenvalue weighted by Crippen LogP contribution is 2.27. The van der Waals surface area contributed by atoms with Gasteiger partial charge in [-0.15, -0.1) is 0 Å². The lowest BCUT2D eigenvalue weighted by Crippen LogP contribution is -2.03. The molecule has 0 atom stereocenters. The summed E-state index contributed by atoms with van der Waals surface area (Å²) in [5.41, 5.74) is 8.03. The first-order valence-corrected chi connectivity index (χ1v) is 5.88. The zero-order valence-electron chi connectivity index (χ0n) is 8.51. The molecule has 0 unspecified atom stereocenters. The summed E-state index contributed by atoms with van der Waals surface area (Å²) < 4.78 is 6.38. The Morgan fingerprint density at radius 3 is 2.93 bits per heavy atom. The number of halogens is 1. The first kappa shape index (κ1) is 10.8. The Labute approximate surface area is 102 Å². The van der Waals surface area contributed by atoms with Crippen LogP contribution >= 0.6 is 22.6 Å². The van der Waals surface area contributed by atoms with E-state index in [9.17, 15) is 0 Å². The zero-order chi connectivity index (χ0) is 10.8. The van der Waals surface area contributed by atoms with Gasteiger partial charge in [0.1, 0.15) is 5.75 Å². The van der Waals surface area contributed by atoms with Crippen LogP contribution in [0.1, 0.15) is 5.56 Å². The van der Waals surface area contributed by atoms with Crippen LogP contribution in [0.5, 0.6) is 5.75 Å². The number of aromatic amines is 1. The molecular formula is C11H13IN2O. The fourth-order valence-electron chi connectivity index (χ4n) is 1.71. The molecule has 0 radical (unpaired) electrons. The van der Waals surface area contributed by atoms with E-state index in [-0.39, 0.29) is 0 Å². The molecule has 0 aliphatic rings. The number of hydrogen-bond acceptors (Lipinski definition) is 2. The third kappa shape index (κ3) is 1.96. The molecule has 3 nitrogen and oxygen atoms in total. The van der Waals surface area contributed by atoms with Crippen LogP contribution in [0.25, 0.3) is 10.9 Å². The summed E-state index contributed by atoms with van der Waals surface area (Å²) in [6, 6.07) is 6.05. The molecule has 2 rings (SSSR count). The number of nitrogens with two attached hydrogens (primary N) is 1. The van der Waals surface area contributed by atoms with E-state index in [1.54, 1.807) is 7.11 Å². The number of fused-ring (bicyclic) bond motifs is 1. The Bertz CT molecular complexity index is 479. The summed E-state index contributed by atoms with van der Waals surface area (Å²) in [6.07, 6.45) is 0.894. The summed E-state index contributed by atoms with van der Waals surface area (Å²) >= 11 is 2.31. The van der Waals surface area contributed by atoms with Crippen LogP contribution in [-0.2, 0) is 6.42 Å². The van der Waals surface area contributed by atoms with Crippen molar-refractivity contribution in [3.63, 3.8) is 0 Å². The van der Waals surface area contributed by atoms with Gasteiger partial charge in [0.15, 0.2) is 0 Å². The van der Waals surface area contributed by atoms with Gasteiger partial charge in [0.05, 0.1) is 10.8 Å². The Morgan fingerprint density at radius 2 is 2.27 bits per heavy atom. The molecule has 0 aliphatic heterocycles. The predicted molar refractivity (Wildman–Crippen MR) is 70.3 cm³/mol. The minimum absolute atomic E-state index is 0.667. The molecule has 1 aromatic carbocycles. The lowest BCUT2D eigenvalue weighted by molar-refractivity contribution is 0.415. The number of nitrogens with one attached hydrogen (secondary N) is 1. The molecule has 1 heterocycles. The predicted octanol–water partition coefficient (Wildman–Crippen LogP) is 2.28. The second-order valence-corrected chi connectivity index (χ2v) is 4.45.